The summed E-state index contributed by atoms with van der Waals surface area (Å²) in [6.45, 7) is 0.322. The first kappa shape index (κ1) is 21.1. The van der Waals surface area contributed by atoms with Crippen molar-refractivity contribution < 1.29 is 28.0 Å². The van der Waals surface area contributed by atoms with E-state index in [4.69, 9.17) is 23.2 Å². The Kier molecular flexibility index (Phi) is 6.42. The molecule has 0 saturated heterocycles. The molecule has 0 radical (unpaired) electrons. The molecular formula is C20H14Cl2F3N2O2+. The summed E-state index contributed by atoms with van der Waals surface area (Å²) in [6.07, 6.45) is -1.81. The third kappa shape index (κ3) is 5.93. The first-order valence-electron chi connectivity index (χ1n) is 8.34. The highest BCUT2D eigenvalue weighted by atomic mass is 35.5. The summed E-state index contributed by atoms with van der Waals surface area (Å²) < 4.78 is 40.6. The monoisotopic (exact) mass is 441 g/mol. The number of primary amides is 1. The van der Waals surface area contributed by atoms with Crippen molar-refractivity contribution in [3.63, 3.8) is 0 Å². The first-order chi connectivity index (χ1) is 13.7. The minimum absolute atomic E-state index is 0.248. The molecule has 0 aliphatic carbocycles. The number of ether oxygens (including phenoxy) is 1. The van der Waals surface area contributed by atoms with Gasteiger partial charge in [0.05, 0.1) is 10.6 Å². The van der Waals surface area contributed by atoms with Crippen molar-refractivity contribution in [1.29, 1.82) is 0 Å². The maximum atomic E-state index is 12.5. The number of hydrogen-bond donors (Lipinski definition) is 1. The second-order valence-electron chi connectivity index (χ2n) is 6.04. The van der Waals surface area contributed by atoms with Crippen LogP contribution < -0.4 is 10.1 Å². The number of nitrogens with zero attached hydrogens (tertiary/aromatic N) is 1. The number of quaternary nitrogens is 1. The molecule has 4 nitrogen and oxygen atoms in total. The molecule has 3 rings (SSSR count). The zero-order valence-corrected chi connectivity index (χ0v) is 16.2. The van der Waals surface area contributed by atoms with E-state index in [1.165, 1.54) is 42.0 Å². The van der Waals surface area contributed by atoms with Crippen LogP contribution in [0.4, 0.5) is 13.2 Å². The smallest absolute Gasteiger partial charge is 0.406 e. The summed E-state index contributed by atoms with van der Waals surface area (Å²) in [5.74, 6) is -0.572. The van der Waals surface area contributed by atoms with E-state index < -0.39 is 6.36 Å². The lowest BCUT2D eigenvalue weighted by molar-refractivity contribution is -0.571. The Bertz CT molecular complexity index is 1020. The van der Waals surface area contributed by atoms with Gasteiger partial charge in [0.1, 0.15) is 12.3 Å². The molecule has 0 aliphatic rings. The van der Waals surface area contributed by atoms with E-state index in [2.05, 4.69) is 9.72 Å². The van der Waals surface area contributed by atoms with E-state index in [0.717, 1.165) is 5.56 Å². The summed E-state index contributed by atoms with van der Waals surface area (Å²) in [6, 6.07) is 12.0. The van der Waals surface area contributed by atoms with Crippen LogP contribution in [0.25, 0.3) is 11.1 Å². The van der Waals surface area contributed by atoms with Crippen LogP contribution in [-0.2, 0) is 6.54 Å². The molecule has 0 aliphatic heterocycles. The molecule has 9 heteroatoms. The van der Waals surface area contributed by atoms with Gasteiger partial charge < -0.3 is 4.74 Å². The van der Waals surface area contributed by atoms with Gasteiger partial charge in [-0.3, -0.25) is 10.3 Å². The average Bonchev–Trinajstić information content (AvgIpc) is 2.66. The van der Waals surface area contributed by atoms with Crippen molar-refractivity contribution in [2.24, 2.45) is 0 Å². The molecule has 0 fully saturated rings. The molecule has 0 spiro atoms. The van der Waals surface area contributed by atoms with Crippen molar-refractivity contribution in [2.75, 3.05) is 0 Å². The lowest BCUT2D eigenvalue weighted by atomic mass is 10.1. The quantitative estimate of drug-likeness (QED) is 0.615. The third-order valence-electron chi connectivity index (χ3n) is 3.97. The Morgan fingerprint density at radius 3 is 2.38 bits per heavy atom. The molecule has 150 valence electrons. The van der Waals surface area contributed by atoms with Crippen LogP contribution in [0.15, 0.2) is 60.9 Å². The van der Waals surface area contributed by atoms with Gasteiger partial charge in [0.15, 0.2) is 0 Å². The summed E-state index contributed by atoms with van der Waals surface area (Å²) in [5.41, 5.74) is 2.30. The van der Waals surface area contributed by atoms with Crippen LogP contribution in [0.3, 0.4) is 0 Å². The van der Waals surface area contributed by atoms with Crippen molar-refractivity contribution in [1.82, 2.24) is 4.98 Å². The number of carbonyl (C=O) groups excluding carboxylic acids is 1. The largest absolute Gasteiger partial charge is 0.573 e. The standard InChI is InChI=1S/C20H13Cl2F3N2O2/c21-16-4-1-13(18(22)8-16)11-27-19(28)15-7-14(9-26-10-15)12-2-5-17(6-3-12)29-20(23,24)25/h1-10H,11H2,(H,27,28)/p+1. The number of benzene rings is 2. The van der Waals surface area contributed by atoms with Crippen molar-refractivity contribution in [3.8, 4) is 16.9 Å². The van der Waals surface area contributed by atoms with Crippen LogP contribution >= 0.6 is 23.2 Å². The normalized spacial score (nSPS) is 11.3. The molecule has 1 heterocycles. The Morgan fingerprint density at radius 1 is 1.00 bits per heavy atom. The van der Waals surface area contributed by atoms with Crippen molar-refractivity contribution in [3.05, 3.63) is 82.1 Å². The fourth-order valence-electron chi connectivity index (χ4n) is 2.59. The highest BCUT2D eigenvalue weighted by Gasteiger charge is 2.31. The predicted molar refractivity (Wildman–Crippen MR) is 103 cm³/mol. The third-order valence-corrected chi connectivity index (χ3v) is 4.55. The second-order valence-corrected chi connectivity index (χ2v) is 6.89. The van der Waals surface area contributed by atoms with Gasteiger partial charge in [-0.25, -0.2) is 4.79 Å². The molecular weight excluding hydrogens is 428 g/mol. The van der Waals surface area contributed by atoms with E-state index in [-0.39, 0.29) is 11.7 Å². The van der Waals surface area contributed by atoms with Crippen molar-refractivity contribution >= 4 is 29.1 Å². The molecule has 0 atom stereocenters. The molecule has 3 aromatic rings. The van der Waals surface area contributed by atoms with Gasteiger partial charge in [-0.1, -0.05) is 41.4 Å². The fourth-order valence-corrected chi connectivity index (χ4v) is 3.07. The van der Waals surface area contributed by atoms with Gasteiger partial charge in [-0.05, 0) is 35.9 Å². The van der Waals surface area contributed by atoms with Gasteiger partial charge >= 0.3 is 12.3 Å². The second kappa shape index (κ2) is 8.82. The van der Waals surface area contributed by atoms with Crippen molar-refractivity contribution in [2.45, 2.75) is 12.9 Å². The number of amides is 1. The summed E-state index contributed by atoms with van der Waals surface area (Å²) >= 11 is 12.0. The Morgan fingerprint density at radius 2 is 1.72 bits per heavy atom. The minimum atomic E-state index is -4.75. The van der Waals surface area contributed by atoms with Gasteiger partial charge in [0, 0.05) is 28.5 Å². The van der Waals surface area contributed by atoms with Crippen LogP contribution in [0.2, 0.25) is 10.0 Å². The lowest BCUT2D eigenvalue weighted by Gasteiger charge is -2.09. The molecule has 2 N–H and O–H groups in total. The number of alkyl halides is 3. The lowest BCUT2D eigenvalue weighted by Crippen LogP contribution is -2.86. The van der Waals surface area contributed by atoms with Crippen LogP contribution in [0.5, 0.6) is 5.75 Å². The molecule has 0 saturated carbocycles. The average molecular weight is 442 g/mol. The number of halogens is 5. The maximum absolute atomic E-state index is 12.5. The minimum Gasteiger partial charge on any atom is -0.406 e. The number of hydrogen-bond acceptors (Lipinski definition) is 3. The Hall–Kier alpha value is -2.61. The molecule has 0 unspecified atom stereocenters. The number of pyridine rings is 1. The van der Waals surface area contributed by atoms with E-state index in [1.54, 1.807) is 24.3 Å². The fraction of sp³-hybridized carbons (Fsp3) is 0.100. The van der Waals surface area contributed by atoms with Crippen LogP contribution in [-0.4, -0.2) is 17.3 Å². The van der Waals surface area contributed by atoms with E-state index in [0.29, 0.717) is 33.3 Å². The van der Waals surface area contributed by atoms with Gasteiger partial charge in [0.25, 0.3) is 0 Å². The summed E-state index contributed by atoms with van der Waals surface area (Å²) in [5, 5.41) is 2.46. The molecule has 1 aromatic heterocycles. The zero-order chi connectivity index (χ0) is 21.0. The van der Waals surface area contributed by atoms with Gasteiger partial charge in [-0.2, -0.15) is 0 Å². The van der Waals surface area contributed by atoms with E-state index in [9.17, 15) is 18.0 Å². The van der Waals surface area contributed by atoms with Gasteiger partial charge in [0.2, 0.25) is 0 Å². The summed E-state index contributed by atoms with van der Waals surface area (Å²) in [4.78, 5) is 16.5. The highest BCUT2D eigenvalue weighted by Crippen LogP contribution is 2.26. The number of rotatable bonds is 5. The SMILES string of the molecule is O=C([NH2+]Cc1ccc(Cl)cc1Cl)c1cncc(-c2ccc(OC(F)(F)F)cc2)c1. The summed E-state index contributed by atoms with van der Waals surface area (Å²) in [7, 11) is 0. The molecule has 29 heavy (non-hydrogen) atoms. The number of nitrogens with two attached hydrogens (primary N) is 1. The van der Waals surface area contributed by atoms with Crippen LogP contribution in [0.1, 0.15) is 15.9 Å². The Labute approximate surface area is 174 Å². The zero-order valence-electron chi connectivity index (χ0n) is 14.7. The van der Waals surface area contributed by atoms with Crippen LogP contribution in [0, 0.1) is 0 Å². The number of aromatic nitrogens is 1. The Balaban J connectivity index is 1.71. The number of carbonyl (C=O) groups is 1. The predicted octanol–water partition coefficient (Wildman–Crippen LogP) is 4.86. The molecule has 2 aromatic carbocycles. The van der Waals surface area contributed by atoms with E-state index >= 15 is 0 Å². The highest BCUT2D eigenvalue weighted by molar-refractivity contribution is 6.35. The molecule has 1 amide bonds. The first-order valence-corrected chi connectivity index (χ1v) is 9.09. The van der Waals surface area contributed by atoms with E-state index in [1.807, 2.05) is 0 Å². The molecule has 0 bridgehead atoms. The maximum Gasteiger partial charge on any atom is 0.573 e. The topological polar surface area (TPSA) is 55.8 Å². The van der Waals surface area contributed by atoms with Gasteiger partial charge in [-0.15, -0.1) is 13.2 Å².